The minimum Gasteiger partial charge on any atom is -0.493 e. The van der Waals surface area contributed by atoms with Gasteiger partial charge in [0, 0.05) is 12.6 Å². The van der Waals surface area contributed by atoms with Crippen LogP contribution in [-0.4, -0.2) is 6.61 Å². The van der Waals surface area contributed by atoms with E-state index in [0.29, 0.717) is 24.8 Å². The van der Waals surface area contributed by atoms with Crippen LogP contribution in [-0.2, 0) is 6.54 Å². The Morgan fingerprint density at radius 3 is 2.75 bits per heavy atom. The maximum atomic E-state index is 13.2. The summed E-state index contributed by atoms with van der Waals surface area (Å²) in [6.45, 7) is 5.23. The Labute approximate surface area is 96.6 Å². The minimum absolute atomic E-state index is 0.291. The van der Waals surface area contributed by atoms with Crippen molar-refractivity contribution in [1.82, 2.24) is 0 Å². The summed E-state index contributed by atoms with van der Waals surface area (Å²) in [7, 11) is 0. The van der Waals surface area contributed by atoms with Crippen LogP contribution >= 0.6 is 0 Å². The summed E-state index contributed by atoms with van der Waals surface area (Å²) in [5.74, 6) is 0.777. The summed E-state index contributed by atoms with van der Waals surface area (Å²) in [6.07, 6.45) is 2.26. The lowest BCUT2D eigenvalue weighted by Crippen LogP contribution is -2.08. The van der Waals surface area contributed by atoms with Crippen LogP contribution < -0.4 is 10.5 Å². The van der Waals surface area contributed by atoms with E-state index in [-0.39, 0.29) is 5.82 Å². The number of rotatable bonds is 6. The SMILES string of the molecule is CCCC(C)COc1cc(F)cc(CN)c1. The van der Waals surface area contributed by atoms with Crippen molar-refractivity contribution in [1.29, 1.82) is 0 Å². The van der Waals surface area contributed by atoms with Crippen molar-refractivity contribution in [3.8, 4) is 5.75 Å². The average molecular weight is 225 g/mol. The zero-order chi connectivity index (χ0) is 12.0. The van der Waals surface area contributed by atoms with E-state index in [9.17, 15) is 4.39 Å². The van der Waals surface area contributed by atoms with Gasteiger partial charge in [0.25, 0.3) is 0 Å². The van der Waals surface area contributed by atoms with Gasteiger partial charge in [-0.1, -0.05) is 20.3 Å². The molecule has 1 rings (SSSR count). The van der Waals surface area contributed by atoms with Crippen LogP contribution in [0.2, 0.25) is 0 Å². The third kappa shape index (κ3) is 4.19. The second-order valence-corrected chi connectivity index (χ2v) is 4.20. The molecule has 1 aromatic rings. The molecule has 1 unspecified atom stereocenters. The highest BCUT2D eigenvalue weighted by molar-refractivity contribution is 5.29. The Hall–Kier alpha value is -1.09. The van der Waals surface area contributed by atoms with Gasteiger partial charge in [-0.25, -0.2) is 4.39 Å². The predicted molar refractivity (Wildman–Crippen MR) is 63.9 cm³/mol. The fraction of sp³-hybridized carbons (Fsp3) is 0.538. The molecular weight excluding hydrogens is 205 g/mol. The molecule has 2 nitrogen and oxygen atoms in total. The molecule has 2 N–H and O–H groups in total. The lowest BCUT2D eigenvalue weighted by molar-refractivity contribution is 0.250. The third-order valence-electron chi connectivity index (χ3n) is 2.48. The summed E-state index contributed by atoms with van der Waals surface area (Å²) in [4.78, 5) is 0. The smallest absolute Gasteiger partial charge is 0.127 e. The van der Waals surface area contributed by atoms with Crippen LogP contribution in [0.3, 0.4) is 0 Å². The van der Waals surface area contributed by atoms with E-state index in [1.54, 1.807) is 6.07 Å². The zero-order valence-corrected chi connectivity index (χ0v) is 10.0. The highest BCUT2D eigenvalue weighted by Gasteiger charge is 2.04. The Morgan fingerprint density at radius 1 is 1.38 bits per heavy atom. The van der Waals surface area contributed by atoms with E-state index in [4.69, 9.17) is 10.5 Å². The molecule has 0 saturated carbocycles. The van der Waals surface area contributed by atoms with E-state index < -0.39 is 0 Å². The van der Waals surface area contributed by atoms with Gasteiger partial charge < -0.3 is 10.5 Å². The molecule has 16 heavy (non-hydrogen) atoms. The molecule has 0 bridgehead atoms. The Morgan fingerprint density at radius 2 is 2.12 bits per heavy atom. The van der Waals surface area contributed by atoms with Crippen molar-refractivity contribution in [3.05, 3.63) is 29.6 Å². The van der Waals surface area contributed by atoms with Gasteiger partial charge in [-0.15, -0.1) is 0 Å². The van der Waals surface area contributed by atoms with Gasteiger partial charge in [-0.2, -0.15) is 0 Å². The molecule has 1 atom stereocenters. The molecule has 0 aliphatic carbocycles. The van der Waals surface area contributed by atoms with E-state index in [2.05, 4.69) is 13.8 Å². The quantitative estimate of drug-likeness (QED) is 0.807. The summed E-state index contributed by atoms with van der Waals surface area (Å²) in [6, 6.07) is 4.63. The zero-order valence-electron chi connectivity index (χ0n) is 10.0. The van der Waals surface area contributed by atoms with Gasteiger partial charge >= 0.3 is 0 Å². The monoisotopic (exact) mass is 225 g/mol. The van der Waals surface area contributed by atoms with Crippen LogP contribution in [0.15, 0.2) is 18.2 Å². The van der Waals surface area contributed by atoms with Gasteiger partial charge in [-0.3, -0.25) is 0 Å². The van der Waals surface area contributed by atoms with Crippen molar-refractivity contribution < 1.29 is 9.13 Å². The standard InChI is InChI=1S/C13H20FNO/c1-3-4-10(2)9-16-13-6-11(8-15)5-12(14)7-13/h5-7,10H,3-4,8-9,15H2,1-2H3. The summed E-state index contributed by atoms with van der Waals surface area (Å²) < 4.78 is 18.7. The first-order valence-electron chi connectivity index (χ1n) is 5.78. The molecule has 90 valence electrons. The Balaban J connectivity index is 2.56. The normalized spacial score (nSPS) is 12.5. The van der Waals surface area contributed by atoms with Crippen molar-refractivity contribution in [2.45, 2.75) is 33.2 Å². The molecule has 0 saturated heterocycles. The molecule has 0 fully saturated rings. The number of ether oxygens (including phenoxy) is 1. The maximum Gasteiger partial charge on any atom is 0.127 e. The lowest BCUT2D eigenvalue weighted by Gasteiger charge is -2.12. The molecule has 0 spiro atoms. The third-order valence-corrected chi connectivity index (χ3v) is 2.48. The number of hydrogen-bond donors (Lipinski definition) is 1. The largest absolute Gasteiger partial charge is 0.493 e. The van der Waals surface area contributed by atoms with E-state index in [0.717, 1.165) is 18.4 Å². The molecule has 0 amide bonds. The second kappa shape index (κ2) is 6.48. The first-order chi connectivity index (χ1) is 7.65. The molecule has 0 radical (unpaired) electrons. The molecular formula is C13H20FNO. The first kappa shape index (κ1) is 13.0. The molecule has 0 heterocycles. The van der Waals surface area contributed by atoms with Crippen LogP contribution in [0.25, 0.3) is 0 Å². The lowest BCUT2D eigenvalue weighted by atomic mass is 10.1. The molecule has 0 aromatic heterocycles. The average Bonchev–Trinajstić information content (AvgIpc) is 2.26. The van der Waals surface area contributed by atoms with E-state index >= 15 is 0 Å². The summed E-state index contributed by atoms with van der Waals surface area (Å²) >= 11 is 0. The molecule has 3 heteroatoms. The fourth-order valence-corrected chi connectivity index (χ4v) is 1.64. The van der Waals surface area contributed by atoms with Crippen molar-refractivity contribution in [2.24, 2.45) is 11.7 Å². The maximum absolute atomic E-state index is 13.2. The Kier molecular flexibility index (Phi) is 5.26. The summed E-state index contributed by atoms with van der Waals surface area (Å²) in [5.41, 5.74) is 6.23. The highest BCUT2D eigenvalue weighted by Crippen LogP contribution is 2.17. The minimum atomic E-state index is -0.291. The van der Waals surface area contributed by atoms with Gasteiger partial charge in [0.15, 0.2) is 0 Å². The topological polar surface area (TPSA) is 35.2 Å². The van der Waals surface area contributed by atoms with Crippen molar-refractivity contribution >= 4 is 0 Å². The number of hydrogen-bond acceptors (Lipinski definition) is 2. The van der Waals surface area contributed by atoms with Gasteiger partial charge in [-0.05, 0) is 30.0 Å². The van der Waals surface area contributed by atoms with Crippen LogP contribution in [0.4, 0.5) is 4.39 Å². The first-order valence-corrected chi connectivity index (χ1v) is 5.78. The fourth-order valence-electron chi connectivity index (χ4n) is 1.64. The number of benzene rings is 1. The Bertz CT molecular complexity index is 328. The van der Waals surface area contributed by atoms with Crippen molar-refractivity contribution in [2.75, 3.05) is 6.61 Å². The highest BCUT2D eigenvalue weighted by atomic mass is 19.1. The summed E-state index contributed by atoms with van der Waals surface area (Å²) in [5, 5.41) is 0. The van der Waals surface area contributed by atoms with Crippen LogP contribution in [0, 0.1) is 11.7 Å². The van der Waals surface area contributed by atoms with Crippen LogP contribution in [0.1, 0.15) is 32.3 Å². The predicted octanol–water partition coefficient (Wildman–Crippen LogP) is 3.10. The second-order valence-electron chi connectivity index (χ2n) is 4.20. The van der Waals surface area contributed by atoms with E-state index in [1.165, 1.54) is 12.1 Å². The molecule has 0 aliphatic heterocycles. The molecule has 0 aliphatic rings. The number of nitrogens with two attached hydrogens (primary N) is 1. The number of halogens is 1. The van der Waals surface area contributed by atoms with E-state index in [1.807, 2.05) is 0 Å². The van der Waals surface area contributed by atoms with Gasteiger partial charge in [0.1, 0.15) is 11.6 Å². The molecule has 1 aromatic carbocycles. The van der Waals surface area contributed by atoms with Crippen LogP contribution in [0.5, 0.6) is 5.75 Å². The van der Waals surface area contributed by atoms with Crippen molar-refractivity contribution in [3.63, 3.8) is 0 Å². The van der Waals surface area contributed by atoms with Gasteiger partial charge in [0.2, 0.25) is 0 Å². The van der Waals surface area contributed by atoms with Gasteiger partial charge in [0.05, 0.1) is 6.61 Å².